The minimum atomic E-state index is -1.19. The Morgan fingerprint density at radius 2 is 2.00 bits per heavy atom. The number of aliphatic carboxylic acids is 1. The highest BCUT2D eigenvalue weighted by atomic mass is 16.5. The highest BCUT2D eigenvalue weighted by Gasteiger charge is 2.11. The molecule has 0 radical (unpaired) electrons. The van der Waals surface area contributed by atoms with E-state index in [1.54, 1.807) is 6.07 Å². The molecule has 0 amide bonds. The molecule has 22 heavy (non-hydrogen) atoms. The van der Waals surface area contributed by atoms with E-state index in [0.29, 0.717) is 5.76 Å². The maximum atomic E-state index is 12.1. The lowest BCUT2D eigenvalue weighted by Gasteiger charge is -2.07. The Labute approximate surface area is 124 Å². The van der Waals surface area contributed by atoms with Gasteiger partial charge in [-0.2, -0.15) is 0 Å². The highest BCUT2D eigenvalue weighted by Crippen LogP contribution is 2.10. The number of carboxylic acids is 2. The van der Waals surface area contributed by atoms with Crippen LogP contribution in [-0.4, -0.2) is 33.3 Å². The Balaban J connectivity index is 2.12. The zero-order valence-corrected chi connectivity index (χ0v) is 11.4. The second kappa shape index (κ2) is 6.61. The van der Waals surface area contributed by atoms with Gasteiger partial charge in [-0.15, -0.1) is 0 Å². The van der Waals surface area contributed by atoms with Gasteiger partial charge in [0.25, 0.3) is 5.56 Å². The molecule has 116 valence electrons. The van der Waals surface area contributed by atoms with Crippen LogP contribution in [0.4, 0.5) is 0 Å². The van der Waals surface area contributed by atoms with Crippen LogP contribution in [-0.2, 0) is 11.3 Å². The molecule has 0 spiro atoms. The molecule has 0 saturated carbocycles. The molecule has 8 nitrogen and oxygen atoms in total. The van der Waals surface area contributed by atoms with E-state index < -0.39 is 17.5 Å². The van der Waals surface area contributed by atoms with Gasteiger partial charge < -0.3 is 23.9 Å². The van der Waals surface area contributed by atoms with E-state index in [1.807, 2.05) is 0 Å². The van der Waals surface area contributed by atoms with Crippen LogP contribution < -0.4 is 10.3 Å². The monoisotopic (exact) mass is 307 g/mol. The Kier molecular flexibility index (Phi) is 4.62. The minimum Gasteiger partial charge on any atom is -0.487 e. The number of carbonyl (C=O) groups is 2. The smallest absolute Gasteiger partial charge is 0.371 e. The Morgan fingerprint density at radius 1 is 1.23 bits per heavy atom. The molecule has 0 unspecified atom stereocenters. The van der Waals surface area contributed by atoms with Gasteiger partial charge in [0, 0.05) is 6.20 Å². The number of rotatable bonds is 7. The first-order valence-electron chi connectivity index (χ1n) is 6.33. The molecular formula is C14H13NO7. The average Bonchev–Trinajstić information content (AvgIpc) is 2.91. The number of aromatic nitrogens is 1. The van der Waals surface area contributed by atoms with Crippen molar-refractivity contribution in [3.63, 3.8) is 0 Å². The molecule has 8 heteroatoms. The summed E-state index contributed by atoms with van der Waals surface area (Å²) >= 11 is 0. The molecule has 0 fully saturated rings. The number of hydrogen-bond donors (Lipinski definition) is 2. The third-order valence-corrected chi connectivity index (χ3v) is 2.76. The number of pyridine rings is 1. The van der Waals surface area contributed by atoms with Gasteiger partial charge in [0.15, 0.2) is 5.75 Å². The number of hydrogen-bond acceptors (Lipinski definition) is 5. The van der Waals surface area contributed by atoms with Crippen LogP contribution in [0, 0.1) is 0 Å². The molecule has 2 rings (SSSR count). The van der Waals surface area contributed by atoms with Crippen LogP contribution in [0.3, 0.4) is 0 Å². The number of ether oxygens (including phenoxy) is 1. The third-order valence-electron chi connectivity index (χ3n) is 2.76. The van der Waals surface area contributed by atoms with Gasteiger partial charge in [0.2, 0.25) is 5.76 Å². The summed E-state index contributed by atoms with van der Waals surface area (Å²) in [7, 11) is 0. The van der Waals surface area contributed by atoms with Crippen molar-refractivity contribution in [3.8, 4) is 5.75 Å². The number of nitrogens with zero attached hydrogens (tertiary/aromatic N) is 1. The molecule has 2 aromatic rings. The number of carboxylic acid groups (broad SMARTS) is 2. The van der Waals surface area contributed by atoms with Crippen LogP contribution in [0.25, 0.3) is 0 Å². The van der Waals surface area contributed by atoms with E-state index in [9.17, 15) is 14.4 Å². The lowest BCUT2D eigenvalue weighted by molar-refractivity contribution is -0.137. The summed E-state index contributed by atoms with van der Waals surface area (Å²) in [6.45, 7) is -0.0687. The second-order valence-electron chi connectivity index (χ2n) is 4.37. The Morgan fingerprint density at radius 3 is 2.64 bits per heavy atom. The van der Waals surface area contributed by atoms with Gasteiger partial charge in [-0.25, -0.2) is 4.79 Å². The fraction of sp³-hybridized carbons (Fsp3) is 0.214. The van der Waals surface area contributed by atoms with Gasteiger partial charge in [0.05, 0.1) is 19.6 Å². The quantitative estimate of drug-likeness (QED) is 0.784. The fourth-order valence-corrected chi connectivity index (χ4v) is 1.74. The van der Waals surface area contributed by atoms with Crippen molar-refractivity contribution in [3.05, 3.63) is 52.3 Å². The summed E-state index contributed by atoms with van der Waals surface area (Å²) < 4.78 is 11.5. The van der Waals surface area contributed by atoms with Crippen LogP contribution in [0.15, 0.2) is 39.7 Å². The SMILES string of the molecule is O=C(O)CCOc1cccn(Cc2ccc(C(=O)O)o2)c1=O. The van der Waals surface area contributed by atoms with Crippen molar-refractivity contribution in [1.82, 2.24) is 4.57 Å². The summed E-state index contributed by atoms with van der Waals surface area (Å²) in [5, 5.41) is 17.3. The van der Waals surface area contributed by atoms with E-state index >= 15 is 0 Å². The molecule has 2 aromatic heterocycles. The molecule has 0 aliphatic rings. The average molecular weight is 307 g/mol. The number of aromatic carboxylic acids is 1. The van der Waals surface area contributed by atoms with Gasteiger partial charge in [-0.1, -0.05) is 0 Å². The molecule has 2 N–H and O–H groups in total. The van der Waals surface area contributed by atoms with Crippen molar-refractivity contribution in [2.24, 2.45) is 0 Å². The van der Waals surface area contributed by atoms with Crippen molar-refractivity contribution in [2.45, 2.75) is 13.0 Å². The normalized spacial score (nSPS) is 10.4. The van der Waals surface area contributed by atoms with Crippen LogP contribution in [0.5, 0.6) is 5.75 Å². The van der Waals surface area contributed by atoms with E-state index in [-0.39, 0.29) is 31.1 Å². The molecule has 0 atom stereocenters. The molecule has 0 aromatic carbocycles. The topological polar surface area (TPSA) is 119 Å². The maximum absolute atomic E-state index is 12.1. The molecule has 2 heterocycles. The molecule has 0 aliphatic carbocycles. The van der Waals surface area contributed by atoms with Crippen molar-refractivity contribution < 1.29 is 29.0 Å². The van der Waals surface area contributed by atoms with Crippen LogP contribution in [0.2, 0.25) is 0 Å². The first-order valence-corrected chi connectivity index (χ1v) is 6.33. The maximum Gasteiger partial charge on any atom is 0.371 e. The predicted octanol–water partition coefficient (Wildman–Crippen LogP) is 1.04. The molecule has 0 bridgehead atoms. The van der Waals surface area contributed by atoms with E-state index in [2.05, 4.69) is 0 Å². The largest absolute Gasteiger partial charge is 0.487 e. The standard InChI is InChI=1S/C14H13NO7/c16-12(17)5-7-21-10-2-1-6-15(13(10)18)8-9-3-4-11(22-9)14(19)20/h1-4,6H,5,7-8H2,(H,16,17)(H,19,20). The van der Waals surface area contributed by atoms with Crippen molar-refractivity contribution in [1.29, 1.82) is 0 Å². The van der Waals surface area contributed by atoms with Gasteiger partial charge in [-0.05, 0) is 24.3 Å². The zero-order valence-electron chi connectivity index (χ0n) is 11.4. The zero-order chi connectivity index (χ0) is 16.1. The summed E-state index contributed by atoms with van der Waals surface area (Å²) in [6, 6.07) is 5.77. The van der Waals surface area contributed by atoms with Gasteiger partial charge in [-0.3, -0.25) is 9.59 Å². The second-order valence-corrected chi connectivity index (χ2v) is 4.37. The van der Waals surface area contributed by atoms with E-state index in [1.165, 1.54) is 29.0 Å². The predicted molar refractivity (Wildman–Crippen MR) is 73.2 cm³/mol. The highest BCUT2D eigenvalue weighted by molar-refractivity contribution is 5.84. The molecule has 0 aliphatic heterocycles. The van der Waals surface area contributed by atoms with Crippen LogP contribution >= 0.6 is 0 Å². The molecule has 0 saturated heterocycles. The molecular weight excluding hydrogens is 294 g/mol. The Hall–Kier alpha value is -3.03. The van der Waals surface area contributed by atoms with E-state index in [4.69, 9.17) is 19.4 Å². The van der Waals surface area contributed by atoms with Gasteiger partial charge in [0.1, 0.15) is 5.76 Å². The fourth-order valence-electron chi connectivity index (χ4n) is 1.74. The van der Waals surface area contributed by atoms with Crippen molar-refractivity contribution in [2.75, 3.05) is 6.61 Å². The third kappa shape index (κ3) is 3.75. The summed E-state index contributed by atoms with van der Waals surface area (Å²) in [6.07, 6.45) is 1.28. The first kappa shape index (κ1) is 15.4. The van der Waals surface area contributed by atoms with E-state index in [0.717, 1.165) is 0 Å². The summed E-state index contributed by atoms with van der Waals surface area (Å²) in [4.78, 5) is 33.3. The van der Waals surface area contributed by atoms with Crippen molar-refractivity contribution >= 4 is 11.9 Å². The lowest BCUT2D eigenvalue weighted by Crippen LogP contribution is -2.22. The summed E-state index contributed by atoms with van der Waals surface area (Å²) in [5.41, 5.74) is -0.457. The summed E-state index contributed by atoms with van der Waals surface area (Å²) in [5.74, 6) is -2.09. The van der Waals surface area contributed by atoms with Gasteiger partial charge >= 0.3 is 11.9 Å². The minimum absolute atomic E-state index is 0.0220. The lowest BCUT2D eigenvalue weighted by atomic mass is 10.4. The number of furan rings is 1. The van der Waals surface area contributed by atoms with Crippen LogP contribution in [0.1, 0.15) is 22.7 Å². The Bertz CT molecular complexity index is 744. The first-order chi connectivity index (χ1) is 10.5.